The number of piperazine rings is 1. The normalized spacial score (nSPS) is 23.2. The number of alkyl carbamates (subject to hydrolysis) is 1. The van der Waals surface area contributed by atoms with Crippen molar-refractivity contribution >= 4 is 35.0 Å². The van der Waals surface area contributed by atoms with E-state index in [-0.39, 0.29) is 12.1 Å². The lowest BCUT2D eigenvalue weighted by Crippen LogP contribution is -2.49. The van der Waals surface area contributed by atoms with Crippen molar-refractivity contribution in [3.8, 4) is 0 Å². The molecule has 1 amide bonds. The molecule has 2 fully saturated rings. The number of hydrogen-bond acceptors (Lipinski definition) is 4. The maximum atomic E-state index is 11.8. The van der Waals surface area contributed by atoms with Crippen LogP contribution in [-0.2, 0) is 4.74 Å². The molecule has 1 aromatic rings. The third-order valence-corrected chi connectivity index (χ3v) is 6.26. The molecule has 28 heavy (non-hydrogen) atoms. The summed E-state index contributed by atoms with van der Waals surface area (Å²) in [6, 6.07) is 6.08. The Hall–Kier alpha value is -1.17. The molecule has 7 heteroatoms. The van der Waals surface area contributed by atoms with Crippen LogP contribution in [0.2, 0.25) is 10.0 Å². The zero-order valence-electron chi connectivity index (χ0n) is 17.0. The standard InChI is InChI=1S/C21H31Cl2N3O2/c1-21(2,3)28-20(27)24-16-13-15(14-16)7-8-25-9-11-26(12-10-25)18-6-4-5-17(22)19(18)23/h4-6,15-16H,7-14H2,1-3H3,(H,24,27). The highest BCUT2D eigenvalue weighted by molar-refractivity contribution is 6.43. The molecule has 3 rings (SSSR count). The van der Waals surface area contributed by atoms with Gasteiger partial charge < -0.3 is 15.0 Å². The molecule has 0 aromatic heterocycles. The summed E-state index contributed by atoms with van der Waals surface area (Å²) < 4.78 is 5.32. The fraction of sp³-hybridized carbons (Fsp3) is 0.667. The fourth-order valence-electron chi connectivity index (χ4n) is 3.88. The average molecular weight is 428 g/mol. The Labute approximate surface area is 178 Å². The Bertz CT molecular complexity index is 679. The topological polar surface area (TPSA) is 44.8 Å². The third-order valence-electron chi connectivity index (χ3n) is 5.45. The van der Waals surface area contributed by atoms with Crippen molar-refractivity contribution in [2.75, 3.05) is 37.6 Å². The number of nitrogens with one attached hydrogen (secondary N) is 1. The Morgan fingerprint density at radius 2 is 1.86 bits per heavy atom. The predicted octanol–water partition coefficient (Wildman–Crippen LogP) is 4.81. The van der Waals surface area contributed by atoms with Gasteiger partial charge in [0.25, 0.3) is 0 Å². The van der Waals surface area contributed by atoms with E-state index in [1.165, 1.54) is 6.42 Å². The number of ether oxygens (including phenoxy) is 1. The van der Waals surface area contributed by atoms with Crippen molar-refractivity contribution < 1.29 is 9.53 Å². The smallest absolute Gasteiger partial charge is 0.407 e. The summed E-state index contributed by atoms with van der Waals surface area (Å²) in [5.41, 5.74) is 0.592. The minimum absolute atomic E-state index is 0.265. The number of rotatable bonds is 5. The summed E-state index contributed by atoms with van der Waals surface area (Å²) in [5, 5.41) is 4.23. The molecule has 156 valence electrons. The number of anilines is 1. The van der Waals surface area contributed by atoms with Crippen LogP contribution in [0.5, 0.6) is 0 Å². The lowest BCUT2D eigenvalue weighted by Gasteiger charge is -2.40. The Kier molecular flexibility index (Phi) is 7.00. The van der Waals surface area contributed by atoms with Gasteiger partial charge in [0.2, 0.25) is 0 Å². The van der Waals surface area contributed by atoms with Crippen LogP contribution in [0, 0.1) is 5.92 Å². The van der Waals surface area contributed by atoms with E-state index in [0.717, 1.165) is 51.3 Å². The van der Waals surface area contributed by atoms with E-state index in [1.54, 1.807) is 0 Å². The quantitative estimate of drug-likeness (QED) is 0.731. The second-order valence-electron chi connectivity index (χ2n) is 8.87. The molecule has 1 N–H and O–H groups in total. The lowest BCUT2D eigenvalue weighted by atomic mass is 9.78. The van der Waals surface area contributed by atoms with Gasteiger partial charge in [-0.3, -0.25) is 4.90 Å². The molecule has 0 spiro atoms. The molecule has 5 nitrogen and oxygen atoms in total. The van der Waals surface area contributed by atoms with Crippen LogP contribution in [0.4, 0.5) is 10.5 Å². The lowest BCUT2D eigenvalue weighted by molar-refractivity contribution is 0.0445. The summed E-state index contributed by atoms with van der Waals surface area (Å²) in [5.74, 6) is 0.695. The average Bonchev–Trinajstić information content (AvgIpc) is 2.58. The Morgan fingerprint density at radius 1 is 1.18 bits per heavy atom. The SMILES string of the molecule is CC(C)(C)OC(=O)NC1CC(CCN2CCN(c3cccc(Cl)c3Cl)CC2)C1. The summed E-state index contributed by atoms with van der Waals surface area (Å²) >= 11 is 12.5. The first kappa shape index (κ1) is 21.5. The summed E-state index contributed by atoms with van der Waals surface area (Å²) in [6.45, 7) is 10.8. The van der Waals surface area contributed by atoms with E-state index in [1.807, 2.05) is 39.0 Å². The van der Waals surface area contributed by atoms with Crippen molar-refractivity contribution in [3.05, 3.63) is 28.2 Å². The number of halogens is 2. The second kappa shape index (κ2) is 9.10. The third kappa shape index (κ3) is 5.91. The number of benzene rings is 1. The minimum Gasteiger partial charge on any atom is -0.444 e. The highest BCUT2D eigenvalue weighted by Crippen LogP contribution is 2.33. The number of carbonyl (C=O) groups excluding carboxylic acids is 1. The van der Waals surface area contributed by atoms with Gasteiger partial charge in [-0.15, -0.1) is 0 Å². The molecule has 1 aliphatic heterocycles. The summed E-state index contributed by atoms with van der Waals surface area (Å²) in [4.78, 5) is 16.6. The molecule has 1 heterocycles. The molecule has 2 aliphatic rings. The van der Waals surface area contributed by atoms with Gasteiger partial charge in [0.05, 0.1) is 15.7 Å². The number of hydrogen-bond donors (Lipinski definition) is 1. The van der Waals surface area contributed by atoms with E-state index >= 15 is 0 Å². The molecule has 0 radical (unpaired) electrons. The molecule has 1 aliphatic carbocycles. The van der Waals surface area contributed by atoms with Crippen LogP contribution in [0.3, 0.4) is 0 Å². The molecular formula is C21H31Cl2N3O2. The van der Waals surface area contributed by atoms with Crippen molar-refractivity contribution in [1.29, 1.82) is 0 Å². The van der Waals surface area contributed by atoms with Gasteiger partial charge in [0.1, 0.15) is 5.60 Å². The van der Waals surface area contributed by atoms with Gasteiger partial charge in [-0.05, 0) is 64.6 Å². The number of nitrogens with zero attached hydrogens (tertiary/aromatic N) is 2. The maximum absolute atomic E-state index is 11.8. The van der Waals surface area contributed by atoms with E-state index in [4.69, 9.17) is 27.9 Å². The summed E-state index contributed by atoms with van der Waals surface area (Å²) in [7, 11) is 0. The van der Waals surface area contributed by atoms with Gasteiger partial charge in [0, 0.05) is 32.2 Å². The molecule has 1 saturated heterocycles. The van der Waals surface area contributed by atoms with Crippen LogP contribution < -0.4 is 10.2 Å². The first-order valence-corrected chi connectivity index (χ1v) is 10.9. The monoisotopic (exact) mass is 427 g/mol. The van der Waals surface area contributed by atoms with E-state index in [2.05, 4.69) is 15.1 Å². The summed E-state index contributed by atoms with van der Waals surface area (Å²) in [6.07, 6.45) is 2.99. The number of carbonyl (C=O) groups is 1. The fourth-order valence-corrected chi connectivity index (χ4v) is 4.29. The molecule has 0 unspecified atom stereocenters. The second-order valence-corrected chi connectivity index (χ2v) is 9.66. The van der Waals surface area contributed by atoms with Gasteiger partial charge >= 0.3 is 6.09 Å². The molecule has 0 bridgehead atoms. The van der Waals surface area contributed by atoms with Crippen LogP contribution in [-0.4, -0.2) is 55.4 Å². The van der Waals surface area contributed by atoms with Crippen LogP contribution in [0.15, 0.2) is 18.2 Å². The van der Waals surface area contributed by atoms with Gasteiger partial charge in [0.15, 0.2) is 0 Å². The first-order chi connectivity index (χ1) is 13.2. The maximum Gasteiger partial charge on any atom is 0.407 e. The molecular weight excluding hydrogens is 397 g/mol. The van der Waals surface area contributed by atoms with Crippen LogP contribution in [0.25, 0.3) is 0 Å². The predicted molar refractivity (Wildman–Crippen MR) is 116 cm³/mol. The van der Waals surface area contributed by atoms with Crippen LogP contribution in [0.1, 0.15) is 40.0 Å². The molecule has 1 saturated carbocycles. The largest absolute Gasteiger partial charge is 0.444 e. The van der Waals surface area contributed by atoms with Gasteiger partial charge in [-0.25, -0.2) is 4.79 Å². The van der Waals surface area contributed by atoms with Crippen LogP contribution >= 0.6 is 23.2 Å². The van der Waals surface area contributed by atoms with Crippen molar-refractivity contribution in [3.63, 3.8) is 0 Å². The highest BCUT2D eigenvalue weighted by atomic mass is 35.5. The van der Waals surface area contributed by atoms with E-state index in [0.29, 0.717) is 16.0 Å². The van der Waals surface area contributed by atoms with E-state index in [9.17, 15) is 4.79 Å². The highest BCUT2D eigenvalue weighted by Gasteiger charge is 2.32. The van der Waals surface area contributed by atoms with Gasteiger partial charge in [-0.2, -0.15) is 0 Å². The van der Waals surface area contributed by atoms with E-state index < -0.39 is 5.60 Å². The Morgan fingerprint density at radius 3 is 2.50 bits per heavy atom. The van der Waals surface area contributed by atoms with Crippen molar-refractivity contribution in [2.24, 2.45) is 5.92 Å². The zero-order valence-corrected chi connectivity index (χ0v) is 18.5. The van der Waals surface area contributed by atoms with Crippen molar-refractivity contribution in [2.45, 2.75) is 51.7 Å². The number of amides is 1. The molecule has 1 aromatic carbocycles. The van der Waals surface area contributed by atoms with Gasteiger partial charge in [-0.1, -0.05) is 29.3 Å². The zero-order chi connectivity index (χ0) is 20.3. The molecule has 0 atom stereocenters. The first-order valence-electron chi connectivity index (χ1n) is 10.1. The Balaban J connectivity index is 1.33. The van der Waals surface area contributed by atoms with Crippen molar-refractivity contribution in [1.82, 2.24) is 10.2 Å². The minimum atomic E-state index is -0.440.